The third-order valence-electron chi connectivity index (χ3n) is 3.28. The summed E-state index contributed by atoms with van der Waals surface area (Å²) in [5.74, 6) is 0.494. The molecule has 2 rings (SSSR count). The van der Waals surface area contributed by atoms with Crippen LogP contribution in [0.5, 0.6) is 6.01 Å². The molecule has 1 heterocycles. The first-order chi connectivity index (χ1) is 10.3. The second-order valence-electron chi connectivity index (χ2n) is 4.90. The number of carbonyl (C=O) groups excluding carboxylic acids is 1. The molecule has 0 unspecified atom stereocenters. The molecule has 0 spiro atoms. The number of carbonyl (C=O) groups is 1. The maximum atomic E-state index is 12.3. The fourth-order valence-electron chi connectivity index (χ4n) is 2.14. The van der Waals surface area contributed by atoms with E-state index in [0.717, 1.165) is 31.2 Å². The minimum atomic E-state index is -0.0410. The Morgan fingerprint density at radius 3 is 2.62 bits per heavy atom. The molecule has 0 amide bonds. The summed E-state index contributed by atoms with van der Waals surface area (Å²) < 4.78 is 6.42. The summed E-state index contributed by atoms with van der Waals surface area (Å²) in [7, 11) is 1.50. The summed E-state index contributed by atoms with van der Waals surface area (Å²) >= 11 is 0. The van der Waals surface area contributed by atoms with Gasteiger partial charge in [0.15, 0.2) is 5.82 Å². The number of unbranched alkanes of at least 4 members (excludes halogenated alkanes) is 3. The number of hydrogen-bond acceptors (Lipinski definition) is 4. The van der Waals surface area contributed by atoms with E-state index in [-0.39, 0.29) is 11.9 Å². The quantitative estimate of drug-likeness (QED) is 0.731. The maximum Gasteiger partial charge on any atom is 0.336 e. The van der Waals surface area contributed by atoms with Crippen molar-refractivity contribution in [2.75, 3.05) is 7.11 Å². The topological polar surface area (TPSA) is 57.0 Å². The van der Waals surface area contributed by atoms with Gasteiger partial charge in [-0.05, 0) is 6.42 Å². The van der Waals surface area contributed by atoms with Crippen molar-refractivity contribution in [3.05, 3.63) is 30.3 Å². The third-order valence-corrected chi connectivity index (χ3v) is 3.28. The van der Waals surface area contributed by atoms with E-state index in [1.165, 1.54) is 11.8 Å². The van der Waals surface area contributed by atoms with Gasteiger partial charge in [-0.2, -0.15) is 9.67 Å². The smallest absolute Gasteiger partial charge is 0.336 e. The average Bonchev–Trinajstić information content (AvgIpc) is 2.97. The van der Waals surface area contributed by atoms with Crippen LogP contribution in [0, 0.1) is 0 Å². The lowest BCUT2D eigenvalue weighted by Crippen LogP contribution is -2.13. The van der Waals surface area contributed by atoms with Gasteiger partial charge in [0.2, 0.25) is 5.91 Å². The number of aromatic nitrogens is 3. The van der Waals surface area contributed by atoms with Gasteiger partial charge >= 0.3 is 6.01 Å². The maximum absolute atomic E-state index is 12.3. The van der Waals surface area contributed by atoms with Gasteiger partial charge in [0.25, 0.3) is 0 Å². The van der Waals surface area contributed by atoms with Crippen LogP contribution in [-0.4, -0.2) is 27.8 Å². The Morgan fingerprint density at radius 2 is 1.95 bits per heavy atom. The molecule has 5 nitrogen and oxygen atoms in total. The molecule has 0 aliphatic rings. The second-order valence-corrected chi connectivity index (χ2v) is 4.90. The molecule has 112 valence electrons. The van der Waals surface area contributed by atoms with Gasteiger partial charge in [-0.3, -0.25) is 4.79 Å². The minimum Gasteiger partial charge on any atom is -0.466 e. The molecule has 5 heteroatoms. The van der Waals surface area contributed by atoms with E-state index < -0.39 is 0 Å². The van der Waals surface area contributed by atoms with Crippen LogP contribution >= 0.6 is 0 Å². The van der Waals surface area contributed by atoms with Crippen molar-refractivity contribution in [1.29, 1.82) is 0 Å². The SMILES string of the molecule is CCCCCCC(=O)n1nc(OC)nc1-c1ccccc1. The van der Waals surface area contributed by atoms with Crippen molar-refractivity contribution in [3.8, 4) is 17.4 Å². The molecule has 0 saturated heterocycles. The summed E-state index contributed by atoms with van der Waals surface area (Å²) in [6, 6.07) is 9.78. The highest BCUT2D eigenvalue weighted by Gasteiger charge is 2.17. The lowest BCUT2D eigenvalue weighted by atomic mass is 10.1. The fourth-order valence-corrected chi connectivity index (χ4v) is 2.14. The van der Waals surface area contributed by atoms with E-state index in [9.17, 15) is 4.79 Å². The summed E-state index contributed by atoms with van der Waals surface area (Å²) in [5.41, 5.74) is 0.857. The number of hydrogen-bond donors (Lipinski definition) is 0. The molecule has 0 bridgehead atoms. The highest BCUT2D eigenvalue weighted by molar-refractivity contribution is 5.82. The van der Waals surface area contributed by atoms with Gasteiger partial charge in [0, 0.05) is 12.0 Å². The molecular weight excluding hydrogens is 266 g/mol. The second kappa shape index (κ2) is 7.57. The van der Waals surface area contributed by atoms with Crippen molar-refractivity contribution in [2.24, 2.45) is 0 Å². The number of rotatable bonds is 7. The lowest BCUT2D eigenvalue weighted by molar-refractivity contribution is 0.0883. The van der Waals surface area contributed by atoms with Gasteiger partial charge in [0.1, 0.15) is 0 Å². The number of methoxy groups -OCH3 is 1. The first-order valence-corrected chi connectivity index (χ1v) is 7.36. The Balaban J connectivity index is 2.18. The highest BCUT2D eigenvalue weighted by Crippen LogP contribution is 2.20. The summed E-state index contributed by atoms with van der Waals surface area (Å²) in [6.45, 7) is 2.15. The first kappa shape index (κ1) is 15.2. The monoisotopic (exact) mass is 287 g/mol. The van der Waals surface area contributed by atoms with Gasteiger partial charge < -0.3 is 4.74 Å². The zero-order valence-corrected chi connectivity index (χ0v) is 12.6. The highest BCUT2D eigenvalue weighted by atomic mass is 16.5. The van der Waals surface area contributed by atoms with E-state index >= 15 is 0 Å². The Bertz CT molecular complexity index is 578. The number of ether oxygens (including phenoxy) is 1. The van der Waals surface area contributed by atoms with Crippen molar-refractivity contribution in [1.82, 2.24) is 14.8 Å². The zero-order chi connectivity index (χ0) is 15.1. The van der Waals surface area contributed by atoms with E-state index in [1.54, 1.807) is 0 Å². The van der Waals surface area contributed by atoms with Crippen LogP contribution in [0.3, 0.4) is 0 Å². The van der Waals surface area contributed by atoms with Crippen LogP contribution in [-0.2, 0) is 0 Å². The Labute approximate surface area is 125 Å². The van der Waals surface area contributed by atoms with Gasteiger partial charge in [-0.15, -0.1) is 5.10 Å². The molecule has 2 aromatic rings. The zero-order valence-electron chi connectivity index (χ0n) is 12.6. The Morgan fingerprint density at radius 1 is 1.19 bits per heavy atom. The average molecular weight is 287 g/mol. The van der Waals surface area contributed by atoms with Crippen molar-refractivity contribution < 1.29 is 9.53 Å². The van der Waals surface area contributed by atoms with Crippen LogP contribution in [0.15, 0.2) is 30.3 Å². The summed E-state index contributed by atoms with van der Waals surface area (Å²) in [6.07, 6.45) is 4.73. The number of nitrogens with zero attached hydrogens (tertiary/aromatic N) is 3. The number of benzene rings is 1. The van der Waals surface area contributed by atoms with E-state index in [2.05, 4.69) is 17.0 Å². The van der Waals surface area contributed by atoms with E-state index in [4.69, 9.17) is 4.74 Å². The normalized spacial score (nSPS) is 10.6. The molecule has 0 atom stereocenters. The molecule has 1 aromatic heterocycles. The largest absolute Gasteiger partial charge is 0.466 e. The first-order valence-electron chi connectivity index (χ1n) is 7.36. The van der Waals surface area contributed by atoms with Crippen LogP contribution < -0.4 is 4.74 Å². The molecule has 0 aliphatic carbocycles. The molecule has 21 heavy (non-hydrogen) atoms. The van der Waals surface area contributed by atoms with Crippen LogP contribution in [0.1, 0.15) is 43.8 Å². The van der Waals surface area contributed by atoms with Crippen molar-refractivity contribution in [2.45, 2.75) is 39.0 Å². The van der Waals surface area contributed by atoms with E-state index in [1.807, 2.05) is 30.3 Å². The van der Waals surface area contributed by atoms with Gasteiger partial charge in [0.05, 0.1) is 7.11 Å². The summed E-state index contributed by atoms with van der Waals surface area (Å²) in [5, 5.41) is 4.14. The molecule has 0 saturated carbocycles. The van der Waals surface area contributed by atoms with Gasteiger partial charge in [-0.25, -0.2) is 0 Å². The Kier molecular flexibility index (Phi) is 5.49. The predicted octanol–water partition coefficient (Wildman–Crippen LogP) is 3.56. The van der Waals surface area contributed by atoms with Crippen LogP contribution in [0.4, 0.5) is 0 Å². The predicted molar refractivity (Wildman–Crippen MR) is 81.4 cm³/mol. The standard InChI is InChI=1S/C16H21N3O2/c1-3-4-5-9-12-14(20)19-15(17-16(18-19)21-2)13-10-7-6-8-11-13/h6-8,10-11H,3-5,9,12H2,1-2H3. The van der Waals surface area contributed by atoms with E-state index in [0.29, 0.717) is 12.2 Å². The lowest BCUT2D eigenvalue weighted by Gasteiger charge is -2.04. The minimum absolute atomic E-state index is 0.0410. The van der Waals surface area contributed by atoms with Crippen LogP contribution in [0.25, 0.3) is 11.4 Å². The molecule has 1 aromatic carbocycles. The van der Waals surface area contributed by atoms with Crippen LogP contribution in [0.2, 0.25) is 0 Å². The molecular formula is C16H21N3O2. The molecule has 0 fully saturated rings. The fraction of sp³-hybridized carbons (Fsp3) is 0.438. The molecule has 0 radical (unpaired) electrons. The molecule has 0 N–H and O–H groups in total. The van der Waals surface area contributed by atoms with Crippen molar-refractivity contribution in [3.63, 3.8) is 0 Å². The Hall–Kier alpha value is -2.17. The third kappa shape index (κ3) is 3.90. The summed E-state index contributed by atoms with van der Waals surface area (Å²) in [4.78, 5) is 16.6. The molecule has 0 aliphatic heterocycles. The van der Waals surface area contributed by atoms with Crippen molar-refractivity contribution >= 4 is 5.91 Å². The van der Waals surface area contributed by atoms with Gasteiger partial charge in [-0.1, -0.05) is 56.5 Å².